The molecule has 1 N–H and O–H groups in total. The predicted octanol–water partition coefficient (Wildman–Crippen LogP) is 3.67. The van der Waals surface area contributed by atoms with Crippen molar-refractivity contribution in [3.63, 3.8) is 0 Å². The minimum absolute atomic E-state index is 0.136. The van der Waals surface area contributed by atoms with Crippen LogP contribution in [0.1, 0.15) is 17.3 Å². The second-order valence-electron chi connectivity index (χ2n) is 4.44. The van der Waals surface area contributed by atoms with Gasteiger partial charge in [-0.2, -0.15) is 0 Å². The number of para-hydroxylation sites is 1. The lowest BCUT2D eigenvalue weighted by molar-refractivity contribution is 0.0988. The maximum absolute atomic E-state index is 13.8. The van der Waals surface area contributed by atoms with Crippen molar-refractivity contribution in [1.29, 1.82) is 0 Å². The van der Waals surface area contributed by atoms with Crippen molar-refractivity contribution in [2.24, 2.45) is 0 Å². The van der Waals surface area contributed by atoms with Crippen LogP contribution in [0.25, 0.3) is 0 Å². The molecule has 0 atom stereocenters. The molecule has 0 aliphatic carbocycles. The van der Waals surface area contributed by atoms with E-state index in [1.54, 1.807) is 26.1 Å². The Hall–Kier alpha value is -2.43. The lowest BCUT2D eigenvalue weighted by atomic mass is 10.1. The second kappa shape index (κ2) is 6.35. The number of halogens is 2. The highest BCUT2D eigenvalue weighted by Crippen LogP contribution is 2.24. The standard InChI is InChI=1S/C16H16F2N2O/c1-3-20(12-7-4-6-11(17)10-12)16(21)13-8-5-9-14(18)15(13)19-2/h4-10,19H,3H2,1-2H3. The van der Waals surface area contributed by atoms with Gasteiger partial charge in [-0.3, -0.25) is 4.79 Å². The summed E-state index contributed by atoms with van der Waals surface area (Å²) in [7, 11) is 1.55. The number of hydrogen-bond acceptors (Lipinski definition) is 2. The molecule has 2 aromatic carbocycles. The van der Waals surface area contributed by atoms with E-state index in [4.69, 9.17) is 0 Å². The Bertz CT molecular complexity index is 658. The molecule has 0 saturated carbocycles. The SMILES string of the molecule is CCN(C(=O)c1cccc(F)c1NC)c1cccc(F)c1. The average Bonchev–Trinajstić information content (AvgIpc) is 2.47. The fourth-order valence-corrected chi connectivity index (χ4v) is 2.19. The molecule has 0 saturated heterocycles. The van der Waals surface area contributed by atoms with Crippen LogP contribution in [0, 0.1) is 11.6 Å². The molecule has 2 rings (SSSR count). The van der Waals surface area contributed by atoms with E-state index in [1.165, 1.54) is 35.2 Å². The quantitative estimate of drug-likeness (QED) is 0.931. The van der Waals surface area contributed by atoms with E-state index in [0.29, 0.717) is 12.2 Å². The summed E-state index contributed by atoms with van der Waals surface area (Å²) in [5.41, 5.74) is 0.787. The Morgan fingerprint density at radius 2 is 1.90 bits per heavy atom. The van der Waals surface area contributed by atoms with E-state index in [2.05, 4.69) is 5.32 Å². The molecule has 0 radical (unpaired) electrons. The summed E-state index contributed by atoms with van der Waals surface area (Å²) >= 11 is 0. The van der Waals surface area contributed by atoms with Crippen LogP contribution < -0.4 is 10.2 Å². The van der Waals surface area contributed by atoms with Gasteiger partial charge in [0.2, 0.25) is 0 Å². The van der Waals surface area contributed by atoms with Gasteiger partial charge in [0.05, 0.1) is 11.3 Å². The zero-order valence-corrected chi connectivity index (χ0v) is 11.9. The first kappa shape index (κ1) is 15.0. The van der Waals surface area contributed by atoms with Crippen molar-refractivity contribution in [3.05, 3.63) is 59.7 Å². The molecule has 0 aliphatic rings. The van der Waals surface area contributed by atoms with Crippen molar-refractivity contribution in [3.8, 4) is 0 Å². The van der Waals surface area contributed by atoms with Crippen LogP contribution in [0.4, 0.5) is 20.2 Å². The molecule has 0 unspecified atom stereocenters. The van der Waals surface area contributed by atoms with E-state index in [1.807, 2.05) is 0 Å². The molecule has 110 valence electrons. The van der Waals surface area contributed by atoms with E-state index in [0.717, 1.165) is 0 Å². The Balaban J connectivity index is 2.44. The van der Waals surface area contributed by atoms with Crippen molar-refractivity contribution >= 4 is 17.3 Å². The van der Waals surface area contributed by atoms with Crippen LogP contribution in [0.2, 0.25) is 0 Å². The summed E-state index contributed by atoms with van der Waals surface area (Å²) in [5, 5.41) is 2.69. The van der Waals surface area contributed by atoms with Crippen molar-refractivity contribution < 1.29 is 13.6 Å². The summed E-state index contributed by atoms with van der Waals surface area (Å²) < 4.78 is 27.1. The monoisotopic (exact) mass is 290 g/mol. The topological polar surface area (TPSA) is 32.3 Å². The molecular weight excluding hydrogens is 274 g/mol. The molecule has 1 amide bonds. The Kier molecular flexibility index (Phi) is 4.52. The van der Waals surface area contributed by atoms with Gasteiger partial charge >= 0.3 is 0 Å². The fraction of sp³-hybridized carbons (Fsp3) is 0.188. The molecule has 2 aromatic rings. The molecule has 5 heteroatoms. The highest BCUT2D eigenvalue weighted by atomic mass is 19.1. The number of nitrogens with one attached hydrogen (secondary N) is 1. The summed E-state index contributed by atoms with van der Waals surface area (Å²) in [6, 6.07) is 10.1. The van der Waals surface area contributed by atoms with Crippen molar-refractivity contribution in [2.45, 2.75) is 6.92 Å². The summed E-state index contributed by atoms with van der Waals surface area (Å²) in [4.78, 5) is 14.0. The van der Waals surface area contributed by atoms with Crippen LogP contribution >= 0.6 is 0 Å². The first-order valence-electron chi connectivity index (χ1n) is 6.62. The Labute approximate surface area is 122 Å². The summed E-state index contributed by atoms with van der Waals surface area (Å²) in [6.45, 7) is 2.13. The van der Waals surface area contributed by atoms with Gasteiger partial charge in [-0.15, -0.1) is 0 Å². The van der Waals surface area contributed by atoms with E-state index < -0.39 is 11.6 Å². The molecule has 0 bridgehead atoms. The van der Waals surface area contributed by atoms with Crippen LogP contribution in [-0.4, -0.2) is 19.5 Å². The summed E-state index contributed by atoms with van der Waals surface area (Å²) in [5.74, 6) is -1.31. The predicted molar refractivity (Wildman–Crippen MR) is 79.7 cm³/mol. The average molecular weight is 290 g/mol. The van der Waals surface area contributed by atoms with Crippen LogP contribution in [0.5, 0.6) is 0 Å². The van der Waals surface area contributed by atoms with E-state index in [-0.39, 0.29) is 17.2 Å². The molecular formula is C16H16F2N2O. The van der Waals surface area contributed by atoms with Gasteiger partial charge in [0.25, 0.3) is 5.91 Å². The fourth-order valence-electron chi connectivity index (χ4n) is 2.19. The largest absolute Gasteiger partial charge is 0.385 e. The molecule has 0 aliphatic heterocycles. The van der Waals surface area contributed by atoms with Crippen LogP contribution in [0.15, 0.2) is 42.5 Å². The van der Waals surface area contributed by atoms with Gasteiger partial charge in [0, 0.05) is 19.3 Å². The lowest BCUT2D eigenvalue weighted by Crippen LogP contribution is -2.31. The number of hydrogen-bond donors (Lipinski definition) is 1. The highest BCUT2D eigenvalue weighted by Gasteiger charge is 2.21. The van der Waals surface area contributed by atoms with E-state index >= 15 is 0 Å². The molecule has 0 fully saturated rings. The highest BCUT2D eigenvalue weighted by molar-refractivity contribution is 6.09. The number of amides is 1. The Morgan fingerprint density at radius 3 is 2.52 bits per heavy atom. The van der Waals surface area contributed by atoms with E-state index in [9.17, 15) is 13.6 Å². The van der Waals surface area contributed by atoms with Gasteiger partial charge in [0.15, 0.2) is 0 Å². The van der Waals surface area contributed by atoms with Crippen LogP contribution in [0.3, 0.4) is 0 Å². The van der Waals surface area contributed by atoms with Gasteiger partial charge in [-0.25, -0.2) is 8.78 Å². The second-order valence-corrected chi connectivity index (χ2v) is 4.44. The number of anilines is 2. The molecule has 0 aromatic heterocycles. The van der Waals surface area contributed by atoms with Gasteiger partial charge < -0.3 is 10.2 Å². The number of carbonyl (C=O) groups is 1. The number of rotatable bonds is 4. The molecule has 21 heavy (non-hydrogen) atoms. The third kappa shape index (κ3) is 3.02. The van der Waals surface area contributed by atoms with Crippen molar-refractivity contribution in [1.82, 2.24) is 0 Å². The first-order chi connectivity index (χ1) is 10.1. The third-order valence-corrected chi connectivity index (χ3v) is 3.18. The normalized spacial score (nSPS) is 10.3. The van der Waals surface area contributed by atoms with Gasteiger partial charge in [0.1, 0.15) is 11.6 Å². The lowest BCUT2D eigenvalue weighted by Gasteiger charge is -2.22. The van der Waals surface area contributed by atoms with Crippen LogP contribution in [-0.2, 0) is 0 Å². The third-order valence-electron chi connectivity index (χ3n) is 3.18. The minimum Gasteiger partial charge on any atom is -0.385 e. The first-order valence-corrected chi connectivity index (χ1v) is 6.62. The maximum Gasteiger partial charge on any atom is 0.260 e. The number of benzene rings is 2. The number of nitrogens with zero attached hydrogens (tertiary/aromatic N) is 1. The maximum atomic E-state index is 13.8. The number of carbonyl (C=O) groups excluding carboxylic acids is 1. The van der Waals surface area contributed by atoms with Gasteiger partial charge in [-0.05, 0) is 37.3 Å². The van der Waals surface area contributed by atoms with Crippen molar-refractivity contribution in [2.75, 3.05) is 23.8 Å². The molecule has 0 spiro atoms. The minimum atomic E-state index is -0.501. The van der Waals surface area contributed by atoms with Gasteiger partial charge in [-0.1, -0.05) is 12.1 Å². The zero-order chi connectivity index (χ0) is 15.4. The summed E-state index contributed by atoms with van der Waals surface area (Å²) in [6.07, 6.45) is 0. The smallest absolute Gasteiger partial charge is 0.260 e. The molecule has 3 nitrogen and oxygen atoms in total. The Morgan fingerprint density at radius 1 is 1.19 bits per heavy atom. The zero-order valence-electron chi connectivity index (χ0n) is 11.9. The molecule has 0 heterocycles.